The van der Waals surface area contributed by atoms with Gasteiger partial charge in [0.15, 0.2) is 5.58 Å². The first-order valence-electron chi connectivity index (χ1n) is 15.6. The van der Waals surface area contributed by atoms with Gasteiger partial charge in [-0.05, 0) is 65.6 Å². The van der Waals surface area contributed by atoms with Crippen molar-refractivity contribution in [2.45, 2.75) is 12.5 Å². The van der Waals surface area contributed by atoms with Crippen molar-refractivity contribution in [1.82, 2.24) is 4.57 Å². The Kier molecular flexibility index (Phi) is 5.11. The number of aromatic nitrogens is 1. The number of furan rings is 1. The molecule has 3 heteroatoms. The third-order valence-electron chi connectivity index (χ3n) is 9.66. The lowest BCUT2D eigenvalue weighted by Crippen LogP contribution is -2.34. The zero-order valence-corrected chi connectivity index (χ0v) is 24.5. The van der Waals surface area contributed by atoms with Gasteiger partial charge in [0.05, 0.1) is 22.8 Å². The highest BCUT2D eigenvalue weighted by Gasteiger charge is 2.32. The standard InChI is InChI=1S/C42H28N2O/c1-2-11-30(12-3-1)43-37-17-6-4-14-33(37)34-23-21-28(26-40(34)43)27-20-22-32-29-10-8-13-31(24-29)44(39(32)25-27)38-18-9-16-36-35-15-5-7-19-41(35)45-42(36)38/h1-23,25-26,31H,24H2/t31-/m1/s1. The number of nitrogens with zero attached hydrogens (tertiary/aromatic N) is 2. The second kappa shape index (κ2) is 9.35. The highest BCUT2D eigenvalue weighted by atomic mass is 16.3. The molecule has 0 amide bonds. The van der Waals surface area contributed by atoms with E-state index in [2.05, 4.69) is 155 Å². The first kappa shape index (κ1) is 24.6. The average molecular weight is 577 g/mol. The molecule has 2 aromatic heterocycles. The largest absolute Gasteiger partial charge is 0.454 e. The van der Waals surface area contributed by atoms with Crippen LogP contribution in [0.1, 0.15) is 12.0 Å². The van der Waals surface area contributed by atoms with E-state index >= 15 is 0 Å². The highest BCUT2D eigenvalue weighted by molar-refractivity contribution is 6.11. The molecule has 3 nitrogen and oxygen atoms in total. The number of hydrogen-bond acceptors (Lipinski definition) is 2. The van der Waals surface area contributed by atoms with E-state index in [9.17, 15) is 0 Å². The van der Waals surface area contributed by atoms with Gasteiger partial charge in [0.1, 0.15) is 5.58 Å². The second-order valence-corrected chi connectivity index (χ2v) is 12.1. The molecule has 1 aliphatic heterocycles. The van der Waals surface area contributed by atoms with Crippen LogP contribution in [0.5, 0.6) is 0 Å². The predicted molar refractivity (Wildman–Crippen MR) is 188 cm³/mol. The minimum absolute atomic E-state index is 0.217. The molecule has 1 atom stereocenters. The fourth-order valence-electron chi connectivity index (χ4n) is 7.63. The molecule has 2 aliphatic rings. The van der Waals surface area contributed by atoms with Crippen molar-refractivity contribution in [2.75, 3.05) is 4.90 Å². The van der Waals surface area contributed by atoms with Gasteiger partial charge in [-0.2, -0.15) is 0 Å². The fourth-order valence-corrected chi connectivity index (χ4v) is 7.63. The number of benzene rings is 6. The lowest BCUT2D eigenvalue weighted by Gasteiger charge is -2.40. The first-order chi connectivity index (χ1) is 22.3. The lowest BCUT2D eigenvalue weighted by molar-refractivity contribution is 0.664. The summed E-state index contributed by atoms with van der Waals surface area (Å²) in [4.78, 5) is 2.50. The van der Waals surface area contributed by atoms with Crippen LogP contribution < -0.4 is 4.90 Å². The Bertz CT molecular complexity index is 2530. The Balaban J connectivity index is 1.19. The van der Waals surface area contributed by atoms with Gasteiger partial charge in [0, 0.05) is 38.5 Å². The predicted octanol–water partition coefficient (Wildman–Crippen LogP) is 11.2. The van der Waals surface area contributed by atoms with Crippen molar-refractivity contribution in [3.05, 3.63) is 157 Å². The summed E-state index contributed by atoms with van der Waals surface area (Å²) in [5.74, 6) is 0. The molecule has 8 aromatic rings. The van der Waals surface area contributed by atoms with Crippen molar-refractivity contribution in [3.63, 3.8) is 0 Å². The maximum atomic E-state index is 6.55. The number of allylic oxidation sites excluding steroid dienone is 2. The summed E-state index contributed by atoms with van der Waals surface area (Å²) < 4.78 is 8.94. The van der Waals surface area contributed by atoms with Crippen molar-refractivity contribution < 1.29 is 4.42 Å². The summed E-state index contributed by atoms with van der Waals surface area (Å²) in [5.41, 5.74) is 12.9. The number of rotatable bonds is 3. The van der Waals surface area contributed by atoms with Crippen molar-refractivity contribution in [1.29, 1.82) is 0 Å². The third-order valence-corrected chi connectivity index (χ3v) is 9.66. The van der Waals surface area contributed by atoms with Crippen LogP contribution in [0.15, 0.2) is 156 Å². The molecule has 3 heterocycles. The Morgan fingerprint density at radius 2 is 1.33 bits per heavy atom. The van der Waals surface area contributed by atoms with E-state index in [4.69, 9.17) is 4.42 Å². The van der Waals surface area contributed by atoms with E-state index in [1.165, 1.54) is 55.4 Å². The maximum Gasteiger partial charge on any atom is 0.159 e. The van der Waals surface area contributed by atoms with Crippen LogP contribution >= 0.6 is 0 Å². The molecule has 10 rings (SSSR count). The smallest absolute Gasteiger partial charge is 0.159 e. The SMILES string of the molecule is C1=C[C@@H]2CC(=C1)c1ccc(-c3ccc4c5ccccc5n(-c5ccccc5)c4c3)cc1N2c1cccc2c1oc1ccccc12. The molecule has 6 aromatic carbocycles. The van der Waals surface area contributed by atoms with Crippen molar-refractivity contribution in [3.8, 4) is 16.8 Å². The monoisotopic (exact) mass is 576 g/mol. The Morgan fingerprint density at radius 1 is 0.578 bits per heavy atom. The molecule has 0 unspecified atom stereocenters. The molecule has 0 spiro atoms. The molecule has 0 radical (unpaired) electrons. The molecule has 1 aliphatic carbocycles. The zero-order chi connectivity index (χ0) is 29.5. The summed E-state index contributed by atoms with van der Waals surface area (Å²) in [6.07, 6.45) is 7.79. The Hall–Kier alpha value is -5.80. The van der Waals surface area contributed by atoms with Gasteiger partial charge >= 0.3 is 0 Å². The lowest BCUT2D eigenvalue weighted by atomic mass is 9.85. The molecular formula is C42H28N2O. The van der Waals surface area contributed by atoms with Crippen LogP contribution in [0, 0.1) is 0 Å². The minimum Gasteiger partial charge on any atom is -0.454 e. The van der Waals surface area contributed by atoms with Crippen LogP contribution in [-0.4, -0.2) is 10.6 Å². The van der Waals surface area contributed by atoms with Gasteiger partial charge in [-0.1, -0.05) is 109 Å². The molecule has 45 heavy (non-hydrogen) atoms. The number of fused-ring (bicyclic) bond motifs is 10. The van der Waals surface area contributed by atoms with E-state index in [1.54, 1.807) is 0 Å². The molecule has 2 bridgehead atoms. The third kappa shape index (κ3) is 3.58. The number of hydrogen-bond donors (Lipinski definition) is 0. The minimum atomic E-state index is 0.217. The van der Waals surface area contributed by atoms with E-state index in [1.807, 2.05) is 6.07 Å². The second-order valence-electron chi connectivity index (χ2n) is 12.1. The fraction of sp³-hybridized carbons (Fsp3) is 0.0476. The van der Waals surface area contributed by atoms with Crippen LogP contribution in [-0.2, 0) is 0 Å². The van der Waals surface area contributed by atoms with Gasteiger partial charge in [-0.25, -0.2) is 0 Å². The molecule has 0 N–H and O–H groups in total. The quantitative estimate of drug-likeness (QED) is 0.209. The van der Waals surface area contributed by atoms with Crippen LogP contribution in [0.2, 0.25) is 0 Å². The maximum absolute atomic E-state index is 6.55. The van der Waals surface area contributed by atoms with Crippen LogP contribution in [0.4, 0.5) is 11.4 Å². The summed E-state index contributed by atoms with van der Waals surface area (Å²) in [6.45, 7) is 0. The average Bonchev–Trinajstić information content (AvgIpc) is 3.65. The van der Waals surface area contributed by atoms with Crippen molar-refractivity contribution in [2.24, 2.45) is 0 Å². The summed E-state index contributed by atoms with van der Waals surface area (Å²) in [6, 6.07) is 48.4. The van der Waals surface area contributed by atoms with Crippen LogP contribution in [0.3, 0.4) is 0 Å². The van der Waals surface area contributed by atoms with Gasteiger partial charge < -0.3 is 13.9 Å². The molecule has 0 fully saturated rings. The van der Waals surface area contributed by atoms with Gasteiger partial charge in [0.2, 0.25) is 0 Å². The summed E-state index contributed by atoms with van der Waals surface area (Å²) in [7, 11) is 0. The van der Waals surface area contributed by atoms with Gasteiger partial charge in [-0.3, -0.25) is 0 Å². The van der Waals surface area contributed by atoms with Crippen LogP contribution in [0.25, 0.3) is 66.1 Å². The number of para-hydroxylation sites is 4. The number of anilines is 2. The Morgan fingerprint density at radius 3 is 2.27 bits per heavy atom. The normalized spacial score (nSPS) is 15.7. The topological polar surface area (TPSA) is 21.3 Å². The molecule has 0 saturated heterocycles. The molecular weight excluding hydrogens is 548 g/mol. The molecule has 0 saturated carbocycles. The summed E-state index contributed by atoms with van der Waals surface area (Å²) >= 11 is 0. The van der Waals surface area contributed by atoms with E-state index in [-0.39, 0.29) is 6.04 Å². The van der Waals surface area contributed by atoms with Gasteiger partial charge in [0.25, 0.3) is 0 Å². The highest BCUT2D eigenvalue weighted by Crippen LogP contribution is 2.48. The Labute approximate surface area is 260 Å². The van der Waals surface area contributed by atoms with Crippen molar-refractivity contribution >= 4 is 60.7 Å². The van der Waals surface area contributed by atoms with E-state index in [0.717, 1.165) is 34.0 Å². The summed E-state index contributed by atoms with van der Waals surface area (Å²) in [5, 5.41) is 4.84. The van der Waals surface area contributed by atoms with Gasteiger partial charge in [-0.15, -0.1) is 0 Å². The molecule has 212 valence electrons. The van der Waals surface area contributed by atoms with E-state index < -0.39 is 0 Å². The first-order valence-corrected chi connectivity index (χ1v) is 15.6. The zero-order valence-electron chi connectivity index (χ0n) is 24.5. The van der Waals surface area contributed by atoms with E-state index in [0.29, 0.717) is 0 Å².